The van der Waals surface area contributed by atoms with E-state index in [9.17, 15) is 9.59 Å². The van der Waals surface area contributed by atoms with Gasteiger partial charge in [-0.15, -0.1) is 0 Å². The SMILES string of the molecule is CCOc1ccc(NC2CC(=O)N(c3ccccc3Cl)C2=O)cc1. The summed E-state index contributed by atoms with van der Waals surface area (Å²) >= 11 is 6.11. The maximum absolute atomic E-state index is 12.6. The predicted molar refractivity (Wildman–Crippen MR) is 93.6 cm³/mol. The molecule has 1 aliphatic heterocycles. The van der Waals surface area contributed by atoms with Crippen molar-refractivity contribution < 1.29 is 14.3 Å². The maximum atomic E-state index is 12.6. The van der Waals surface area contributed by atoms with Crippen LogP contribution in [0, 0.1) is 0 Å². The summed E-state index contributed by atoms with van der Waals surface area (Å²) in [5, 5.41) is 3.47. The average Bonchev–Trinajstić information content (AvgIpc) is 2.84. The van der Waals surface area contributed by atoms with Gasteiger partial charge in [0.2, 0.25) is 5.91 Å². The number of para-hydroxylation sites is 1. The fourth-order valence-electron chi connectivity index (χ4n) is 2.65. The molecule has 2 amide bonds. The Balaban J connectivity index is 1.75. The van der Waals surface area contributed by atoms with Crippen molar-refractivity contribution >= 4 is 34.8 Å². The molecule has 0 aromatic heterocycles. The van der Waals surface area contributed by atoms with Crippen LogP contribution in [0.1, 0.15) is 13.3 Å². The van der Waals surface area contributed by atoms with Gasteiger partial charge in [0.25, 0.3) is 5.91 Å². The molecule has 1 fully saturated rings. The van der Waals surface area contributed by atoms with Crippen LogP contribution < -0.4 is 15.0 Å². The lowest BCUT2D eigenvalue weighted by Gasteiger charge is -2.17. The summed E-state index contributed by atoms with van der Waals surface area (Å²) in [6, 6.07) is 13.5. The van der Waals surface area contributed by atoms with Crippen LogP contribution in [0.25, 0.3) is 0 Å². The summed E-state index contributed by atoms with van der Waals surface area (Å²) in [5.41, 5.74) is 1.18. The van der Waals surface area contributed by atoms with Crippen LogP contribution >= 0.6 is 11.6 Å². The second-order valence-electron chi connectivity index (χ2n) is 5.38. The minimum absolute atomic E-state index is 0.0945. The third-order valence-electron chi connectivity index (χ3n) is 3.75. The van der Waals surface area contributed by atoms with Gasteiger partial charge in [0.05, 0.1) is 23.7 Å². The van der Waals surface area contributed by atoms with Crippen LogP contribution in [0.4, 0.5) is 11.4 Å². The van der Waals surface area contributed by atoms with Gasteiger partial charge in [-0.1, -0.05) is 23.7 Å². The highest BCUT2D eigenvalue weighted by Crippen LogP contribution is 2.30. The quantitative estimate of drug-likeness (QED) is 0.844. The molecule has 0 spiro atoms. The summed E-state index contributed by atoms with van der Waals surface area (Å²) in [6.07, 6.45) is 0.0945. The lowest BCUT2D eigenvalue weighted by atomic mass is 10.2. The molecule has 0 saturated carbocycles. The van der Waals surface area contributed by atoms with E-state index in [1.165, 1.54) is 0 Å². The number of hydrogen-bond acceptors (Lipinski definition) is 4. The number of ether oxygens (including phenoxy) is 1. The Morgan fingerprint density at radius 2 is 1.88 bits per heavy atom. The van der Waals surface area contributed by atoms with Crippen LogP contribution in [0.3, 0.4) is 0 Å². The minimum atomic E-state index is -0.605. The Labute approximate surface area is 145 Å². The van der Waals surface area contributed by atoms with Gasteiger partial charge in [0.1, 0.15) is 11.8 Å². The number of carbonyl (C=O) groups excluding carboxylic acids is 2. The van der Waals surface area contributed by atoms with E-state index >= 15 is 0 Å². The lowest BCUT2D eigenvalue weighted by molar-refractivity contribution is -0.121. The number of hydrogen-bond donors (Lipinski definition) is 1. The molecule has 1 N–H and O–H groups in total. The second-order valence-corrected chi connectivity index (χ2v) is 5.78. The van der Waals surface area contributed by atoms with E-state index in [0.717, 1.165) is 16.3 Å². The maximum Gasteiger partial charge on any atom is 0.256 e. The topological polar surface area (TPSA) is 58.6 Å². The molecule has 0 bridgehead atoms. The number of nitrogens with one attached hydrogen (secondary N) is 1. The van der Waals surface area contributed by atoms with Crippen molar-refractivity contribution in [3.63, 3.8) is 0 Å². The Bertz CT molecular complexity index is 761. The van der Waals surface area contributed by atoms with Crippen LogP contribution in [0.2, 0.25) is 5.02 Å². The van der Waals surface area contributed by atoms with Crippen molar-refractivity contribution in [3.8, 4) is 5.75 Å². The number of anilines is 2. The van der Waals surface area contributed by atoms with Crippen molar-refractivity contribution in [1.82, 2.24) is 0 Å². The molecule has 6 heteroatoms. The smallest absolute Gasteiger partial charge is 0.256 e. The third kappa shape index (κ3) is 3.21. The van der Waals surface area contributed by atoms with Crippen molar-refractivity contribution in [2.75, 3.05) is 16.8 Å². The number of carbonyl (C=O) groups is 2. The minimum Gasteiger partial charge on any atom is -0.494 e. The van der Waals surface area contributed by atoms with Gasteiger partial charge in [-0.3, -0.25) is 9.59 Å². The molecular weight excluding hydrogens is 328 g/mol. The number of benzene rings is 2. The number of imide groups is 1. The van der Waals surface area contributed by atoms with Gasteiger partial charge < -0.3 is 10.1 Å². The Morgan fingerprint density at radius 1 is 1.17 bits per heavy atom. The number of rotatable bonds is 5. The molecule has 1 heterocycles. The molecule has 124 valence electrons. The molecule has 1 aliphatic rings. The van der Waals surface area contributed by atoms with E-state index in [2.05, 4.69) is 5.32 Å². The first-order chi connectivity index (χ1) is 11.6. The summed E-state index contributed by atoms with van der Waals surface area (Å²) in [5.74, 6) is 0.188. The van der Waals surface area contributed by atoms with Crippen molar-refractivity contribution in [3.05, 3.63) is 53.6 Å². The van der Waals surface area contributed by atoms with E-state index in [1.54, 1.807) is 24.3 Å². The van der Waals surface area contributed by atoms with Crippen LogP contribution in [0.5, 0.6) is 5.75 Å². The molecule has 1 saturated heterocycles. The zero-order valence-corrected chi connectivity index (χ0v) is 13.9. The molecule has 1 unspecified atom stereocenters. The van der Waals surface area contributed by atoms with Gasteiger partial charge in [0, 0.05) is 5.69 Å². The molecule has 5 nitrogen and oxygen atoms in total. The monoisotopic (exact) mass is 344 g/mol. The van der Waals surface area contributed by atoms with E-state index in [1.807, 2.05) is 31.2 Å². The fraction of sp³-hybridized carbons (Fsp3) is 0.222. The highest BCUT2D eigenvalue weighted by Gasteiger charge is 2.40. The average molecular weight is 345 g/mol. The van der Waals surface area contributed by atoms with Gasteiger partial charge >= 0.3 is 0 Å². The normalized spacial score (nSPS) is 17.2. The van der Waals surface area contributed by atoms with Gasteiger partial charge in [0.15, 0.2) is 0 Å². The van der Waals surface area contributed by atoms with E-state index in [-0.39, 0.29) is 18.2 Å². The van der Waals surface area contributed by atoms with E-state index < -0.39 is 6.04 Å². The van der Waals surface area contributed by atoms with Crippen LogP contribution in [0.15, 0.2) is 48.5 Å². The molecule has 24 heavy (non-hydrogen) atoms. The van der Waals surface area contributed by atoms with Crippen LogP contribution in [-0.2, 0) is 9.59 Å². The molecule has 2 aromatic carbocycles. The third-order valence-corrected chi connectivity index (χ3v) is 4.07. The second kappa shape index (κ2) is 6.93. The number of halogens is 1. The fourth-order valence-corrected chi connectivity index (χ4v) is 2.87. The number of amides is 2. The molecule has 0 aliphatic carbocycles. The Hall–Kier alpha value is -2.53. The molecular formula is C18H17ClN2O3. The molecule has 0 radical (unpaired) electrons. The van der Waals surface area contributed by atoms with Gasteiger partial charge in [-0.2, -0.15) is 0 Å². The van der Waals surface area contributed by atoms with E-state index in [0.29, 0.717) is 17.3 Å². The zero-order chi connectivity index (χ0) is 17.1. The van der Waals surface area contributed by atoms with Crippen molar-refractivity contribution in [2.24, 2.45) is 0 Å². The largest absolute Gasteiger partial charge is 0.494 e. The molecule has 1 atom stereocenters. The van der Waals surface area contributed by atoms with E-state index in [4.69, 9.17) is 16.3 Å². The standard InChI is InChI=1S/C18H17ClN2O3/c1-2-24-13-9-7-12(8-10-13)20-15-11-17(22)21(18(15)23)16-6-4-3-5-14(16)19/h3-10,15,20H,2,11H2,1H3. The molecule has 2 aromatic rings. The summed E-state index contributed by atoms with van der Waals surface area (Å²) < 4.78 is 5.39. The summed E-state index contributed by atoms with van der Waals surface area (Å²) in [4.78, 5) is 26.0. The Morgan fingerprint density at radius 3 is 2.54 bits per heavy atom. The first kappa shape index (κ1) is 16.3. The summed E-state index contributed by atoms with van der Waals surface area (Å²) in [7, 11) is 0. The summed E-state index contributed by atoms with van der Waals surface area (Å²) in [6.45, 7) is 2.51. The van der Waals surface area contributed by atoms with Crippen molar-refractivity contribution in [1.29, 1.82) is 0 Å². The first-order valence-corrected chi connectivity index (χ1v) is 8.08. The van der Waals surface area contributed by atoms with Crippen LogP contribution in [-0.4, -0.2) is 24.5 Å². The highest BCUT2D eigenvalue weighted by molar-refractivity contribution is 6.36. The number of nitrogens with zero attached hydrogens (tertiary/aromatic N) is 1. The van der Waals surface area contributed by atoms with Crippen molar-refractivity contribution in [2.45, 2.75) is 19.4 Å². The Kier molecular flexibility index (Phi) is 4.71. The molecule has 3 rings (SSSR count). The van der Waals surface area contributed by atoms with Gasteiger partial charge in [-0.25, -0.2) is 4.90 Å². The van der Waals surface area contributed by atoms with Gasteiger partial charge in [-0.05, 0) is 43.3 Å². The highest BCUT2D eigenvalue weighted by atomic mass is 35.5. The first-order valence-electron chi connectivity index (χ1n) is 7.71. The zero-order valence-electron chi connectivity index (χ0n) is 13.2. The predicted octanol–water partition coefficient (Wildman–Crippen LogP) is 3.48. The lowest BCUT2D eigenvalue weighted by Crippen LogP contribution is -2.34.